The van der Waals surface area contributed by atoms with E-state index in [1.807, 2.05) is 12.1 Å². The van der Waals surface area contributed by atoms with E-state index in [0.717, 1.165) is 16.8 Å². The summed E-state index contributed by atoms with van der Waals surface area (Å²) >= 11 is 0. The number of aromatic amines is 1. The fourth-order valence-corrected chi connectivity index (χ4v) is 2.81. The third kappa shape index (κ3) is 2.15. The second-order valence-corrected chi connectivity index (χ2v) is 6.40. The average molecular weight is 295 g/mol. The van der Waals surface area contributed by atoms with Crippen LogP contribution in [0, 0.1) is 22.7 Å². The van der Waals surface area contributed by atoms with Gasteiger partial charge in [-0.3, -0.25) is 15.5 Å². The number of ether oxygens (including phenoxy) is 1. The standard InChI is InChI=1S/C16H17N5O/c1-16(2,3)13-12-11(9-5-4-6-19-8-9)10(7-17)14(18)22-15(12)21-20-13/h4-6,8,10-11,18H,1-3H3,(H,20,21). The highest BCUT2D eigenvalue weighted by Gasteiger charge is 2.42. The van der Waals surface area contributed by atoms with E-state index in [0.29, 0.717) is 5.88 Å². The Balaban J connectivity index is 2.25. The first-order valence-electron chi connectivity index (χ1n) is 7.08. The van der Waals surface area contributed by atoms with Crippen molar-refractivity contribution in [3.63, 3.8) is 0 Å². The number of hydrogen-bond acceptors (Lipinski definition) is 5. The Morgan fingerprint density at radius 3 is 2.77 bits per heavy atom. The number of pyridine rings is 1. The Labute approximate surface area is 128 Å². The molecule has 0 radical (unpaired) electrons. The summed E-state index contributed by atoms with van der Waals surface area (Å²) in [6, 6.07) is 5.95. The number of nitriles is 1. The highest BCUT2D eigenvalue weighted by molar-refractivity contribution is 5.84. The highest BCUT2D eigenvalue weighted by atomic mass is 16.5. The molecule has 0 spiro atoms. The molecule has 0 amide bonds. The van der Waals surface area contributed by atoms with E-state index >= 15 is 0 Å². The summed E-state index contributed by atoms with van der Waals surface area (Å²) in [4.78, 5) is 4.15. The lowest BCUT2D eigenvalue weighted by atomic mass is 9.76. The molecular weight excluding hydrogens is 278 g/mol. The molecular formula is C16H17N5O. The fourth-order valence-electron chi connectivity index (χ4n) is 2.81. The van der Waals surface area contributed by atoms with Gasteiger partial charge >= 0.3 is 0 Å². The fraction of sp³-hybridized carbons (Fsp3) is 0.375. The third-order valence-electron chi connectivity index (χ3n) is 3.84. The normalized spacial score (nSPS) is 20.9. The Hall–Kier alpha value is -2.68. The van der Waals surface area contributed by atoms with Crippen LogP contribution in [0.4, 0.5) is 0 Å². The van der Waals surface area contributed by atoms with Crippen LogP contribution in [0.1, 0.15) is 43.5 Å². The summed E-state index contributed by atoms with van der Waals surface area (Å²) in [5, 5.41) is 24.8. The molecule has 3 heterocycles. The summed E-state index contributed by atoms with van der Waals surface area (Å²) in [6.07, 6.45) is 3.42. The average Bonchev–Trinajstić information content (AvgIpc) is 2.90. The maximum absolute atomic E-state index is 9.53. The molecule has 1 aliphatic rings. The number of nitrogens with one attached hydrogen (secondary N) is 2. The van der Waals surface area contributed by atoms with Crippen LogP contribution in [-0.4, -0.2) is 21.1 Å². The first-order valence-corrected chi connectivity index (χ1v) is 7.08. The van der Waals surface area contributed by atoms with Gasteiger partial charge < -0.3 is 4.74 Å². The Bertz CT molecular complexity index is 751. The lowest BCUT2D eigenvalue weighted by molar-refractivity contribution is 0.433. The number of fused-ring (bicyclic) bond motifs is 1. The van der Waals surface area contributed by atoms with Gasteiger partial charge in [0.2, 0.25) is 11.8 Å². The van der Waals surface area contributed by atoms with E-state index in [2.05, 4.69) is 42.0 Å². The zero-order chi connectivity index (χ0) is 15.9. The van der Waals surface area contributed by atoms with Gasteiger partial charge in [0, 0.05) is 35.0 Å². The van der Waals surface area contributed by atoms with E-state index in [-0.39, 0.29) is 17.2 Å². The molecule has 22 heavy (non-hydrogen) atoms. The molecule has 0 saturated carbocycles. The van der Waals surface area contributed by atoms with Gasteiger partial charge in [0.1, 0.15) is 5.92 Å². The van der Waals surface area contributed by atoms with Crippen LogP contribution in [-0.2, 0) is 5.41 Å². The van der Waals surface area contributed by atoms with Crippen molar-refractivity contribution in [1.29, 1.82) is 10.7 Å². The molecule has 2 aromatic rings. The van der Waals surface area contributed by atoms with Crippen molar-refractivity contribution in [3.8, 4) is 11.9 Å². The van der Waals surface area contributed by atoms with Gasteiger partial charge in [-0.25, -0.2) is 0 Å². The van der Waals surface area contributed by atoms with Crippen LogP contribution in [0.25, 0.3) is 0 Å². The molecule has 6 heteroatoms. The van der Waals surface area contributed by atoms with Crippen LogP contribution >= 0.6 is 0 Å². The molecule has 2 aromatic heterocycles. The van der Waals surface area contributed by atoms with Crippen molar-refractivity contribution >= 4 is 5.90 Å². The number of hydrogen-bond donors (Lipinski definition) is 2. The predicted molar refractivity (Wildman–Crippen MR) is 80.8 cm³/mol. The van der Waals surface area contributed by atoms with Crippen molar-refractivity contribution in [2.24, 2.45) is 5.92 Å². The van der Waals surface area contributed by atoms with Crippen molar-refractivity contribution in [3.05, 3.63) is 41.3 Å². The van der Waals surface area contributed by atoms with Gasteiger partial charge in [-0.1, -0.05) is 26.8 Å². The van der Waals surface area contributed by atoms with Crippen LogP contribution in [0.2, 0.25) is 0 Å². The molecule has 0 fully saturated rings. The largest absolute Gasteiger partial charge is 0.422 e. The smallest absolute Gasteiger partial charge is 0.243 e. The summed E-state index contributed by atoms with van der Waals surface area (Å²) in [7, 11) is 0. The van der Waals surface area contributed by atoms with Crippen LogP contribution in [0.3, 0.4) is 0 Å². The molecule has 0 saturated heterocycles. The first kappa shape index (κ1) is 14.3. The minimum absolute atomic E-state index is 0.0733. The molecule has 0 bridgehead atoms. The zero-order valence-corrected chi connectivity index (χ0v) is 12.7. The molecule has 1 aliphatic heterocycles. The SMILES string of the molecule is CC(C)(C)c1[nH]nc2c1C(c1cccnc1)C(C#N)C(=N)O2. The second kappa shape index (κ2) is 4.95. The van der Waals surface area contributed by atoms with Gasteiger partial charge in [-0.05, 0) is 11.6 Å². The molecule has 2 atom stereocenters. The second-order valence-electron chi connectivity index (χ2n) is 6.40. The van der Waals surface area contributed by atoms with Crippen molar-refractivity contribution in [1.82, 2.24) is 15.2 Å². The number of H-pyrrole nitrogens is 1. The lowest BCUT2D eigenvalue weighted by Gasteiger charge is -2.30. The van der Waals surface area contributed by atoms with E-state index in [1.165, 1.54) is 0 Å². The van der Waals surface area contributed by atoms with E-state index in [4.69, 9.17) is 10.1 Å². The Morgan fingerprint density at radius 1 is 1.41 bits per heavy atom. The van der Waals surface area contributed by atoms with Crippen LogP contribution < -0.4 is 4.74 Å². The summed E-state index contributed by atoms with van der Waals surface area (Å²) in [5.41, 5.74) is 2.48. The maximum Gasteiger partial charge on any atom is 0.243 e. The van der Waals surface area contributed by atoms with Gasteiger partial charge in [0.15, 0.2) is 0 Å². The van der Waals surface area contributed by atoms with E-state index in [1.54, 1.807) is 12.4 Å². The molecule has 0 aliphatic carbocycles. The lowest BCUT2D eigenvalue weighted by Crippen LogP contribution is -2.32. The topological polar surface area (TPSA) is 98.4 Å². The van der Waals surface area contributed by atoms with E-state index in [9.17, 15) is 5.26 Å². The number of nitrogens with zero attached hydrogens (tertiary/aromatic N) is 3. The monoisotopic (exact) mass is 295 g/mol. The quantitative estimate of drug-likeness (QED) is 0.845. The van der Waals surface area contributed by atoms with Crippen molar-refractivity contribution in [2.75, 3.05) is 0 Å². The number of aromatic nitrogens is 3. The summed E-state index contributed by atoms with van der Waals surface area (Å²) in [6.45, 7) is 6.22. The van der Waals surface area contributed by atoms with Crippen molar-refractivity contribution < 1.29 is 4.74 Å². The van der Waals surface area contributed by atoms with Crippen LogP contribution in [0.5, 0.6) is 5.88 Å². The molecule has 112 valence electrons. The molecule has 6 nitrogen and oxygen atoms in total. The molecule has 3 rings (SSSR count). The Kier molecular flexibility index (Phi) is 3.21. The molecule has 2 unspecified atom stereocenters. The molecule has 0 aromatic carbocycles. The predicted octanol–water partition coefficient (Wildman–Crippen LogP) is 2.74. The zero-order valence-electron chi connectivity index (χ0n) is 12.7. The molecule has 2 N–H and O–H groups in total. The minimum atomic E-state index is -0.685. The summed E-state index contributed by atoms with van der Waals surface area (Å²) in [5.74, 6) is -0.676. The third-order valence-corrected chi connectivity index (χ3v) is 3.84. The van der Waals surface area contributed by atoms with Gasteiger partial charge in [-0.2, -0.15) is 5.26 Å². The highest BCUT2D eigenvalue weighted by Crippen LogP contribution is 2.45. The van der Waals surface area contributed by atoms with Gasteiger partial charge in [0.25, 0.3) is 0 Å². The minimum Gasteiger partial charge on any atom is -0.422 e. The van der Waals surface area contributed by atoms with Crippen molar-refractivity contribution in [2.45, 2.75) is 32.1 Å². The van der Waals surface area contributed by atoms with Gasteiger partial charge in [-0.15, -0.1) is 5.10 Å². The van der Waals surface area contributed by atoms with E-state index < -0.39 is 5.92 Å². The Morgan fingerprint density at radius 2 is 2.18 bits per heavy atom. The van der Waals surface area contributed by atoms with Crippen LogP contribution in [0.15, 0.2) is 24.5 Å². The van der Waals surface area contributed by atoms with Gasteiger partial charge in [0.05, 0.1) is 6.07 Å². The number of rotatable bonds is 1. The first-order chi connectivity index (χ1) is 10.4. The maximum atomic E-state index is 9.53. The summed E-state index contributed by atoms with van der Waals surface area (Å²) < 4.78 is 5.46.